The Balaban J connectivity index is 1.49. The van der Waals surface area contributed by atoms with Crippen molar-refractivity contribution in [2.45, 2.75) is 32.8 Å². The molecule has 7 heteroatoms. The molecule has 0 saturated carbocycles. The number of rotatable bonds is 6. The summed E-state index contributed by atoms with van der Waals surface area (Å²) in [5, 5.41) is 6.27. The molecule has 1 atom stereocenters. The lowest BCUT2D eigenvalue weighted by Crippen LogP contribution is -2.15. The molecule has 4 rings (SSSR count). The van der Waals surface area contributed by atoms with Crippen molar-refractivity contribution >= 4 is 34.5 Å². The van der Waals surface area contributed by atoms with Crippen LogP contribution in [0.4, 0.5) is 5.69 Å². The van der Waals surface area contributed by atoms with Gasteiger partial charge < -0.3 is 14.8 Å². The molecule has 2 heterocycles. The maximum atomic E-state index is 12.6. The van der Waals surface area contributed by atoms with Gasteiger partial charge in [0, 0.05) is 29.0 Å². The van der Waals surface area contributed by atoms with Crippen LogP contribution in [0.15, 0.2) is 41.8 Å². The molecule has 0 unspecified atom stereocenters. The average molecular weight is 429 g/mol. The van der Waals surface area contributed by atoms with Crippen molar-refractivity contribution in [2.24, 2.45) is 0 Å². The number of fused-ring (bicyclic) bond motifs is 1. The van der Waals surface area contributed by atoms with Crippen LogP contribution in [0.25, 0.3) is 10.6 Å². The van der Waals surface area contributed by atoms with Gasteiger partial charge in [-0.3, -0.25) is 4.79 Å². The molecule has 1 amide bonds. The summed E-state index contributed by atoms with van der Waals surface area (Å²) in [7, 11) is 0. The zero-order chi connectivity index (χ0) is 20.4. The van der Waals surface area contributed by atoms with Crippen LogP contribution in [0, 0.1) is 0 Å². The Labute approximate surface area is 178 Å². The number of benzene rings is 2. The Bertz CT molecular complexity index is 1050. The maximum Gasteiger partial charge on any atom is 0.230 e. The number of nitrogens with zero attached hydrogens (tertiary/aromatic N) is 1. The number of amides is 1. The summed E-state index contributed by atoms with van der Waals surface area (Å²) in [6.07, 6.45) is 1.14. The fourth-order valence-electron chi connectivity index (χ4n) is 3.32. The van der Waals surface area contributed by atoms with E-state index in [1.807, 2.05) is 55.6 Å². The molecule has 1 aliphatic heterocycles. The molecular weight excluding hydrogens is 408 g/mol. The third kappa shape index (κ3) is 4.38. The second-order valence-corrected chi connectivity index (χ2v) is 8.14. The first-order valence-corrected chi connectivity index (χ1v) is 10.7. The van der Waals surface area contributed by atoms with Crippen LogP contribution in [0.3, 0.4) is 0 Å². The minimum absolute atomic E-state index is 0.128. The lowest BCUT2D eigenvalue weighted by atomic mass is 10.1. The predicted molar refractivity (Wildman–Crippen MR) is 116 cm³/mol. The van der Waals surface area contributed by atoms with Gasteiger partial charge in [0.25, 0.3) is 0 Å². The summed E-state index contributed by atoms with van der Waals surface area (Å²) in [6.45, 7) is 4.46. The highest BCUT2D eigenvalue weighted by molar-refractivity contribution is 7.13. The van der Waals surface area contributed by atoms with E-state index in [9.17, 15) is 4.79 Å². The second-order valence-electron chi connectivity index (χ2n) is 6.87. The van der Waals surface area contributed by atoms with E-state index < -0.39 is 0 Å². The van der Waals surface area contributed by atoms with Crippen molar-refractivity contribution in [3.8, 4) is 22.1 Å². The van der Waals surface area contributed by atoms with Crippen molar-refractivity contribution < 1.29 is 14.3 Å². The van der Waals surface area contributed by atoms with Gasteiger partial charge in [-0.25, -0.2) is 4.98 Å². The van der Waals surface area contributed by atoms with E-state index in [-0.39, 0.29) is 18.4 Å². The first kappa shape index (κ1) is 19.7. The van der Waals surface area contributed by atoms with Crippen molar-refractivity contribution in [3.05, 3.63) is 58.1 Å². The minimum Gasteiger partial charge on any atom is -0.492 e. The van der Waals surface area contributed by atoms with Crippen LogP contribution >= 0.6 is 22.9 Å². The molecule has 1 aliphatic rings. The number of halogens is 1. The summed E-state index contributed by atoms with van der Waals surface area (Å²) >= 11 is 7.72. The number of anilines is 1. The number of carbonyl (C=O) groups is 1. The molecule has 5 nitrogen and oxygen atoms in total. The monoisotopic (exact) mass is 428 g/mol. The molecule has 3 aromatic rings. The zero-order valence-electron chi connectivity index (χ0n) is 16.2. The van der Waals surface area contributed by atoms with E-state index in [1.165, 1.54) is 11.3 Å². The molecule has 0 spiro atoms. The number of carbonyl (C=O) groups excluding carboxylic acids is 1. The summed E-state index contributed by atoms with van der Waals surface area (Å²) < 4.78 is 11.5. The Morgan fingerprint density at radius 2 is 2.21 bits per heavy atom. The van der Waals surface area contributed by atoms with Gasteiger partial charge in [-0.2, -0.15) is 0 Å². The predicted octanol–water partition coefficient (Wildman–Crippen LogP) is 5.37. The van der Waals surface area contributed by atoms with E-state index in [4.69, 9.17) is 21.1 Å². The van der Waals surface area contributed by atoms with Crippen LogP contribution in [0.1, 0.15) is 25.1 Å². The van der Waals surface area contributed by atoms with Gasteiger partial charge in [0.05, 0.1) is 29.4 Å². The first-order valence-electron chi connectivity index (χ1n) is 9.49. The first-order chi connectivity index (χ1) is 14.0. The number of hydrogen-bond donors (Lipinski definition) is 1. The largest absolute Gasteiger partial charge is 0.492 e. The smallest absolute Gasteiger partial charge is 0.230 e. The van der Waals surface area contributed by atoms with E-state index in [2.05, 4.69) is 10.3 Å². The van der Waals surface area contributed by atoms with Crippen LogP contribution < -0.4 is 14.8 Å². The summed E-state index contributed by atoms with van der Waals surface area (Å²) in [6, 6.07) is 11.3. The minimum atomic E-state index is -0.159. The molecule has 0 bridgehead atoms. The summed E-state index contributed by atoms with van der Waals surface area (Å²) in [5.74, 6) is 1.30. The quantitative estimate of drug-likeness (QED) is 0.573. The summed E-state index contributed by atoms with van der Waals surface area (Å²) in [4.78, 5) is 17.2. The topological polar surface area (TPSA) is 60.5 Å². The van der Waals surface area contributed by atoms with Gasteiger partial charge in [0.1, 0.15) is 22.6 Å². The molecule has 29 heavy (non-hydrogen) atoms. The standard InChI is InChI=1S/C22H21ClN2O3S/c1-3-27-20-9-14-8-13(2)28-19(14)11-18(20)25-21(26)10-15-12-29-22(24-15)16-6-4-5-7-17(16)23/h4-7,9,11-13H,3,8,10H2,1-2H3,(H,25,26)/t13-/m0/s1. The van der Waals surface area contributed by atoms with Crippen LogP contribution in [0.2, 0.25) is 5.02 Å². The van der Waals surface area contributed by atoms with Gasteiger partial charge in [-0.1, -0.05) is 29.8 Å². The van der Waals surface area contributed by atoms with Crippen molar-refractivity contribution in [3.63, 3.8) is 0 Å². The van der Waals surface area contributed by atoms with Gasteiger partial charge >= 0.3 is 0 Å². The van der Waals surface area contributed by atoms with E-state index in [0.717, 1.165) is 28.3 Å². The number of nitrogens with one attached hydrogen (secondary N) is 1. The van der Waals surface area contributed by atoms with Crippen LogP contribution in [0.5, 0.6) is 11.5 Å². The van der Waals surface area contributed by atoms with Gasteiger partial charge in [-0.05, 0) is 26.0 Å². The molecular formula is C22H21ClN2O3S. The highest BCUT2D eigenvalue weighted by Crippen LogP contribution is 2.38. The second kappa shape index (κ2) is 8.43. The van der Waals surface area contributed by atoms with Crippen molar-refractivity contribution in [1.82, 2.24) is 4.98 Å². The summed E-state index contributed by atoms with van der Waals surface area (Å²) in [5.41, 5.74) is 3.29. The number of hydrogen-bond acceptors (Lipinski definition) is 5. The van der Waals surface area contributed by atoms with Crippen LogP contribution in [-0.4, -0.2) is 23.6 Å². The molecule has 150 valence electrons. The SMILES string of the molecule is CCOc1cc2c(cc1NC(=O)Cc1csc(-c3ccccc3Cl)n1)O[C@@H](C)C2. The van der Waals surface area contributed by atoms with Gasteiger partial charge in [0.2, 0.25) is 5.91 Å². The van der Waals surface area contributed by atoms with E-state index >= 15 is 0 Å². The molecule has 0 aliphatic carbocycles. The van der Waals surface area contributed by atoms with Gasteiger partial charge in [-0.15, -0.1) is 11.3 Å². The third-order valence-corrected chi connectivity index (χ3v) is 5.82. The number of aromatic nitrogens is 1. The van der Waals surface area contributed by atoms with E-state index in [1.54, 1.807) is 0 Å². The highest BCUT2D eigenvalue weighted by Gasteiger charge is 2.23. The lowest BCUT2D eigenvalue weighted by molar-refractivity contribution is -0.115. The third-order valence-electron chi connectivity index (χ3n) is 4.57. The number of ether oxygens (including phenoxy) is 2. The average Bonchev–Trinajstić information content (AvgIpc) is 3.28. The Morgan fingerprint density at radius 1 is 1.38 bits per heavy atom. The molecule has 0 radical (unpaired) electrons. The zero-order valence-corrected chi connectivity index (χ0v) is 17.8. The molecule has 1 N–H and O–H groups in total. The fraction of sp³-hybridized carbons (Fsp3) is 0.273. The normalized spacial score (nSPS) is 14.9. The Hall–Kier alpha value is -2.57. The molecule has 0 saturated heterocycles. The Kier molecular flexibility index (Phi) is 5.74. The lowest BCUT2D eigenvalue weighted by Gasteiger charge is -2.13. The maximum absolute atomic E-state index is 12.6. The molecule has 0 fully saturated rings. The number of thiazole rings is 1. The van der Waals surface area contributed by atoms with Crippen LogP contribution in [-0.2, 0) is 17.6 Å². The van der Waals surface area contributed by atoms with Crippen molar-refractivity contribution in [1.29, 1.82) is 0 Å². The molecule has 1 aromatic heterocycles. The fourth-order valence-corrected chi connectivity index (χ4v) is 4.46. The molecule has 2 aromatic carbocycles. The van der Waals surface area contributed by atoms with E-state index in [0.29, 0.717) is 28.8 Å². The van der Waals surface area contributed by atoms with Gasteiger partial charge in [0.15, 0.2) is 0 Å². The highest BCUT2D eigenvalue weighted by atomic mass is 35.5. The Morgan fingerprint density at radius 3 is 3.00 bits per heavy atom. The van der Waals surface area contributed by atoms with Crippen molar-refractivity contribution in [2.75, 3.05) is 11.9 Å².